The lowest BCUT2D eigenvalue weighted by Gasteiger charge is -2.26. The highest BCUT2D eigenvalue weighted by atomic mass is 35.5. The van der Waals surface area contributed by atoms with Crippen molar-refractivity contribution < 1.29 is 8.78 Å². The fraction of sp³-hybridized carbons (Fsp3) is 0.174. The number of hydrogen-bond donors (Lipinski definition) is 2. The Labute approximate surface area is 194 Å². The van der Waals surface area contributed by atoms with E-state index < -0.39 is 0 Å². The summed E-state index contributed by atoms with van der Waals surface area (Å²) >= 11 is 13.9. The van der Waals surface area contributed by atoms with Crippen LogP contribution in [0.5, 0.6) is 0 Å². The van der Waals surface area contributed by atoms with Crippen LogP contribution in [0.4, 0.5) is 14.5 Å². The van der Waals surface area contributed by atoms with Crippen molar-refractivity contribution in [1.82, 2.24) is 4.72 Å². The third-order valence-corrected chi connectivity index (χ3v) is 7.01. The Kier molecular flexibility index (Phi) is 6.42. The molecule has 1 aliphatic rings. The van der Waals surface area contributed by atoms with Crippen LogP contribution in [-0.4, -0.2) is 5.96 Å². The number of guanidine groups is 1. The molecule has 0 saturated heterocycles. The van der Waals surface area contributed by atoms with Crippen molar-refractivity contribution in [3.05, 3.63) is 92.5 Å². The van der Waals surface area contributed by atoms with E-state index in [1.54, 1.807) is 31.2 Å². The van der Waals surface area contributed by atoms with Gasteiger partial charge in [-0.05, 0) is 59.8 Å². The smallest absolute Gasteiger partial charge is 0.206 e. The first-order valence-corrected chi connectivity index (χ1v) is 11.2. The van der Waals surface area contributed by atoms with E-state index in [0.717, 1.165) is 16.0 Å². The van der Waals surface area contributed by atoms with Gasteiger partial charge in [0.2, 0.25) is 5.96 Å². The molecule has 0 amide bonds. The minimum atomic E-state index is -0.349. The molecule has 0 spiro atoms. The standard InChI is InChI=1S/C23H19Cl2F2N3S/c1-12-14(5-3-8-17(12)26)11-28-23-29-22-19(31-30-23)10-9-18(27)20(22)13(2)15-6-4-7-16(24)21(15)25/h3-10,13H,11H2,1-2H3,(H2,28,29,30). The molecule has 0 radical (unpaired) electrons. The molecule has 2 N–H and O–H groups in total. The van der Waals surface area contributed by atoms with Crippen LogP contribution < -0.4 is 10.0 Å². The molecule has 1 unspecified atom stereocenters. The fourth-order valence-corrected chi connectivity index (χ4v) is 4.72. The zero-order valence-corrected chi connectivity index (χ0v) is 19.1. The molecule has 1 aliphatic heterocycles. The number of anilines is 1. The molecule has 1 heterocycles. The summed E-state index contributed by atoms with van der Waals surface area (Å²) in [6.07, 6.45) is 0. The lowest BCUT2D eigenvalue weighted by Crippen LogP contribution is -2.30. The van der Waals surface area contributed by atoms with E-state index >= 15 is 0 Å². The number of nitrogens with zero attached hydrogens (tertiary/aromatic N) is 1. The molecule has 3 nitrogen and oxygen atoms in total. The van der Waals surface area contributed by atoms with E-state index in [1.165, 1.54) is 24.1 Å². The minimum absolute atomic E-state index is 0.265. The van der Waals surface area contributed by atoms with Crippen molar-refractivity contribution in [2.45, 2.75) is 31.2 Å². The summed E-state index contributed by atoms with van der Waals surface area (Å²) in [5.41, 5.74) is 3.19. The topological polar surface area (TPSA) is 36.4 Å². The summed E-state index contributed by atoms with van der Waals surface area (Å²) in [4.78, 5) is 5.36. The Hall–Kier alpha value is -2.28. The highest BCUT2D eigenvalue weighted by molar-refractivity contribution is 7.98. The SMILES string of the molecule is Cc1c(F)cccc1CN=C1NSc2ccc(F)c(C(C)c3cccc(Cl)c3Cl)c2N1. The number of halogens is 4. The fourth-order valence-electron chi connectivity index (χ4n) is 3.53. The van der Waals surface area contributed by atoms with Crippen molar-refractivity contribution in [2.75, 3.05) is 5.32 Å². The summed E-state index contributed by atoms with van der Waals surface area (Å²) in [6.45, 7) is 3.90. The second kappa shape index (κ2) is 9.07. The first-order chi connectivity index (χ1) is 14.9. The molecule has 0 saturated carbocycles. The number of nitrogens with one attached hydrogen (secondary N) is 2. The van der Waals surface area contributed by atoms with Crippen LogP contribution in [0.2, 0.25) is 10.0 Å². The van der Waals surface area contributed by atoms with Gasteiger partial charge in [-0.3, -0.25) is 4.72 Å². The average Bonchev–Trinajstić information content (AvgIpc) is 2.76. The molecular formula is C23H19Cl2F2N3S. The van der Waals surface area contributed by atoms with Gasteiger partial charge < -0.3 is 5.32 Å². The second-order valence-electron chi connectivity index (χ2n) is 7.22. The number of hydrogen-bond acceptors (Lipinski definition) is 2. The first kappa shape index (κ1) is 21.9. The van der Waals surface area contributed by atoms with Gasteiger partial charge in [-0.15, -0.1) is 0 Å². The first-order valence-electron chi connectivity index (χ1n) is 9.61. The molecule has 160 valence electrons. The van der Waals surface area contributed by atoms with Crippen molar-refractivity contribution >= 4 is 46.8 Å². The van der Waals surface area contributed by atoms with E-state index in [-0.39, 0.29) is 24.1 Å². The quantitative estimate of drug-likeness (QED) is 0.386. The molecule has 1 atom stereocenters. The average molecular weight is 478 g/mol. The molecule has 8 heteroatoms. The molecule has 3 aromatic carbocycles. The van der Waals surface area contributed by atoms with Crippen molar-refractivity contribution in [3.8, 4) is 0 Å². The van der Waals surface area contributed by atoms with Crippen molar-refractivity contribution in [2.24, 2.45) is 4.99 Å². The molecule has 0 aliphatic carbocycles. The maximum Gasteiger partial charge on any atom is 0.206 e. The number of aliphatic imine (C=N–C) groups is 1. The van der Waals surface area contributed by atoms with Gasteiger partial charge in [0.25, 0.3) is 0 Å². The van der Waals surface area contributed by atoms with E-state index in [1.807, 2.05) is 19.1 Å². The van der Waals surface area contributed by atoms with Gasteiger partial charge in [0.15, 0.2) is 0 Å². The van der Waals surface area contributed by atoms with Crippen LogP contribution in [0.3, 0.4) is 0 Å². The molecule has 0 bridgehead atoms. The summed E-state index contributed by atoms with van der Waals surface area (Å²) < 4.78 is 31.9. The van der Waals surface area contributed by atoms with Gasteiger partial charge >= 0.3 is 0 Å². The highest BCUT2D eigenvalue weighted by Crippen LogP contribution is 2.42. The molecule has 0 aromatic heterocycles. The van der Waals surface area contributed by atoms with Crippen LogP contribution in [0, 0.1) is 18.6 Å². The van der Waals surface area contributed by atoms with E-state index in [9.17, 15) is 8.78 Å². The Morgan fingerprint density at radius 1 is 1.03 bits per heavy atom. The summed E-state index contributed by atoms with van der Waals surface area (Å²) in [5.74, 6) is -0.493. The molecule has 3 aromatic rings. The Bertz CT molecular complexity index is 1180. The maximum absolute atomic E-state index is 15.0. The minimum Gasteiger partial charge on any atom is -0.324 e. The van der Waals surface area contributed by atoms with Crippen LogP contribution >= 0.6 is 35.1 Å². The summed E-state index contributed by atoms with van der Waals surface area (Å²) in [6, 6.07) is 13.4. The Morgan fingerprint density at radius 3 is 2.61 bits per heavy atom. The van der Waals surface area contributed by atoms with Crippen LogP contribution in [-0.2, 0) is 6.54 Å². The lowest BCUT2D eigenvalue weighted by molar-refractivity contribution is 0.602. The Balaban J connectivity index is 1.68. The maximum atomic E-state index is 15.0. The van der Waals surface area contributed by atoms with Crippen LogP contribution in [0.25, 0.3) is 0 Å². The van der Waals surface area contributed by atoms with Gasteiger partial charge in [-0.25, -0.2) is 13.8 Å². The predicted molar refractivity (Wildman–Crippen MR) is 125 cm³/mol. The highest BCUT2D eigenvalue weighted by Gasteiger charge is 2.26. The van der Waals surface area contributed by atoms with Gasteiger partial charge in [0.05, 0.1) is 27.2 Å². The van der Waals surface area contributed by atoms with Gasteiger partial charge in [-0.2, -0.15) is 0 Å². The van der Waals surface area contributed by atoms with E-state index in [2.05, 4.69) is 15.0 Å². The Morgan fingerprint density at radius 2 is 1.81 bits per heavy atom. The van der Waals surface area contributed by atoms with Crippen molar-refractivity contribution in [1.29, 1.82) is 0 Å². The number of benzene rings is 3. The number of rotatable bonds is 4. The number of fused-ring (bicyclic) bond motifs is 1. The third-order valence-electron chi connectivity index (χ3n) is 5.32. The summed E-state index contributed by atoms with van der Waals surface area (Å²) in [7, 11) is 0. The van der Waals surface area contributed by atoms with Gasteiger partial charge in [0, 0.05) is 11.5 Å². The molecule has 31 heavy (non-hydrogen) atoms. The second-order valence-corrected chi connectivity index (χ2v) is 8.85. The third kappa shape index (κ3) is 4.38. The molecular weight excluding hydrogens is 459 g/mol. The predicted octanol–water partition coefficient (Wildman–Crippen LogP) is 7.31. The zero-order valence-electron chi connectivity index (χ0n) is 16.8. The molecule has 0 fully saturated rings. The van der Waals surface area contributed by atoms with E-state index in [0.29, 0.717) is 32.8 Å². The normalized spacial score (nSPS) is 15.2. The summed E-state index contributed by atoms with van der Waals surface area (Å²) in [5, 5.41) is 4.04. The van der Waals surface area contributed by atoms with E-state index in [4.69, 9.17) is 23.2 Å². The van der Waals surface area contributed by atoms with Gasteiger partial charge in [-0.1, -0.05) is 54.4 Å². The van der Waals surface area contributed by atoms with Crippen LogP contribution in [0.1, 0.15) is 35.1 Å². The lowest BCUT2D eigenvalue weighted by atomic mass is 9.91. The monoisotopic (exact) mass is 477 g/mol. The largest absolute Gasteiger partial charge is 0.324 e. The van der Waals surface area contributed by atoms with Crippen LogP contribution in [0.15, 0.2) is 58.4 Å². The van der Waals surface area contributed by atoms with Gasteiger partial charge in [0.1, 0.15) is 11.6 Å². The zero-order chi connectivity index (χ0) is 22.1. The molecule has 4 rings (SSSR count). The van der Waals surface area contributed by atoms with Crippen molar-refractivity contribution in [3.63, 3.8) is 0 Å².